The number of tetrazole rings is 1. The van der Waals surface area contributed by atoms with E-state index in [1.54, 1.807) is 4.68 Å². The Bertz CT molecular complexity index is 311. The zero-order valence-corrected chi connectivity index (χ0v) is 6.97. The van der Waals surface area contributed by atoms with Gasteiger partial charge in [-0.1, -0.05) is 5.10 Å². The summed E-state index contributed by atoms with van der Waals surface area (Å²) in [5.74, 6) is 0.365. The molecule has 1 aromatic rings. The van der Waals surface area contributed by atoms with Gasteiger partial charge in [0.05, 0.1) is 6.04 Å². The Morgan fingerprint density at radius 2 is 2.46 bits per heavy atom. The SMILES string of the molecule is Nc1nnnn1C1CCC(=O)NC1. The number of aromatic nitrogens is 4. The highest BCUT2D eigenvalue weighted by Crippen LogP contribution is 2.17. The third-order valence-corrected chi connectivity index (χ3v) is 2.10. The normalized spacial score (nSPS) is 22.8. The standard InChI is InChI=1S/C6H10N6O/c7-6-9-10-11-12(6)4-1-2-5(13)8-3-4/h4H,1-3H2,(H,8,13)(H2,7,9,11). The molecule has 0 aliphatic carbocycles. The summed E-state index contributed by atoms with van der Waals surface area (Å²) in [5.41, 5.74) is 5.52. The average molecular weight is 182 g/mol. The molecule has 1 unspecified atom stereocenters. The highest BCUT2D eigenvalue weighted by Gasteiger charge is 2.21. The minimum atomic E-state index is 0.0721. The van der Waals surface area contributed by atoms with Gasteiger partial charge >= 0.3 is 0 Å². The molecule has 0 radical (unpaired) electrons. The van der Waals surface area contributed by atoms with Crippen molar-refractivity contribution >= 4 is 11.9 Å². The summed E-state index contributed by atoms with van der Waals surface area (Å²) in [4.78, 5) is 10.9. The van der Waals surface area contributed by atoms with Gasteiger partial charge in [0.2, 0.25) is 11.9 Å². The van der Waals surface area contributed by atoms with E-state index in [0.717, 1.165) is 6.42 Å². The predicted molar refractivity (Wildman–Crippen MR) is 43.5 cm³/mol. The molecule has 13 heavy (non-hydrogen) atoms. The van der Waals surface area contributed by atoms with E-state index in [-0.39, 0.29) is 11.9 Å². The lowest BCUT2D eigenvalue weighted by Crippen LogP contribution is -2.36. The maximum absolute atomic E-state index is 10.9. The van der Waals surface area contributed by atoms with Crippen molar-refractivity contribution in [1.82, 2.24) is 25.5 Å². The maximum atomic E-state index is 10.9. The summed E-state index contributed by atoms with van der Waals surface area (Å²) in [7, 11) is 0. The molecular weight excluding hydrogens is 172 g/mol. The number of piperidine rings is 1. The van der Waals surface area contributed by atoms with E-state index in [1.165, 1.54) is 0 Å². The molecule has 2 rings (SSSR count). The minimum Gasteiger partial charge on any atom is -0.367 e. The number of nitrogens with zero attached hydrogens (tertiary/aromatic N) is 4. The number of carbonyl (C=O) groups excluding carboxylic acids is 1. The highest BCUT2D eigenvalue weighted by atomic mass is 16.1. The second kappa shape index (κ2) is 3.00. The van der Waals surface area contributed by atoms with E-state index in [9.17, 15) is 4.79 Å². The number of amides is 1. The van der Waals surface area contributed by atoms with Crippen LogP contribution in [0.5, 0.6) is 0 Å². The number of anilines is 1. The van der Waals surface area contributed by atoms with Crippen molar-refractivity contribution < 1.29 is 4.79 Å². The van der Waals surface area contributed by atoms with Crippen molar-refractivity contribution in [1.29, 1.82) is 0 Å². The molecule has 1 atom stereocenters. The van der Waals surface area contributed by atoms with Crippen LogP contribution in [-0.4, -0.2) is 32.7 Å². The molecule has 1 saturated heterocycles. The number of nitrogen functional groups attached to an aromatic ring is 1. The summed E-state index contributed by atoms with van der Waals surface area (Å²) < 4.78 is 1.54. The van der Waals surface area contributed by atoms with Crippen molar-refractivity contribution in [3.8, 4) is 0 Å². The number of nitrogens with one attached hydrogen (secondary N) is 1. The van der Waals surface area contributed by atoms with Crippen LogP contribution in [0.15, 0.2) is 0 Å². The molecule has 1 aliphatic heterocycles. The maximum Gasteiger partial charge on any atom is 0.240 e. The second-order valence-electron chi connectivity index (χ2n) is 2.98. The first-order valence-corrected chi connectivity index (χ1v) is 4.07. The van der Waals surface area contributed by atoms with Crippen LogP contribution < -0.4 is 11.1 Å². The van der Waals surface area contributed by atoms with E-state index in [0.29, 0.717) is 18.9 Å². The van der Waals surface area contributed by atoms with Gasteiger partial charge in [-0.3, -0.25) is 4.79 Å². The van der Waals surface area contributed by atoms with Gasteiger partial charge in [0.1, 0.15) is 0 Å². The van der Waals surface area contributed by atoms with Crippen molar-refractivity contribution in [2.75, 3.05) is 12.3 Å². The average Bonchev–Trinajstić information content (AvgIpc) is 2.53. The summed E-state index contributed by atoms with van der Waals surface area (Å²) in [6, 6.07) is 0.0905. The number of rotatable bonds is 1. The van der Waals surface area contributed by atoms with E-state index in [2.05, 4.69) is 20.8 Å². The Morgan fingerprint density at radius 1 is 1.62 bits per heavy atom. The first kappa shape index (κ1) is 7.96. The number of nitrogens with two attached hydrogens (primary N) is 1. The number of hydrogen-bond acceptors (Lipinski definition) is 5. The first-order valence-electron chi connectivity index (χ1n) is 4.07. The zero-order chi connectivity index (χ0) is 9.26. The van der Waals surface area contributed by atoms with Gasteiger partial charge < -0.3 is 11.1 Å². The molecule has 3 N–H and O–H groups in total. The fourth-order valence-electron chi connectivity index (χ4n) is 1.39. The monoisotopic (exact) mass is 182 g/mol. The van der Waals surface area contributed by atoms with Crippen molar-refractivity contribution in [3.05, 3.63) is 0 Å². The molecule has 0 aromatic carbocycles. The van der Waals surface area contributed by atoms with Crippen LogP contribution in [0.1, 0.15) is 18.9 Å². The van der Waals surface area contributed by atoms with Crippen LogP contribution >= 0.6 is 0 Å². The van der Waals surface area contributed by atoms with Crippen LogP contribution in [0.2, 0.25) is 0 Å². The van der Waals surface area contributed by atoms with E-state index < -0.39 is 0 Å². The van der Waals surface area contributed by atoms with Gasteiger partial charge in [-0.15, -0.1) is 0 Å². The molecule has 1 aromatic heterocycles. The third kappa shape index (κ3) is 1.44. The predicted octanol–water partition coefficient (Wildman–Crippen LogP) is -1.29. The van der Waals surface area contributed by atoms with Crippen molar-refractivity contribution in [2.45, 2.75) is 18.9 Å². The molecule has 0 bridgehead atoms. The van der Waals surface area contributed by atoms with E-state index in [1.807, 2.05) is 0 Å². The summed E-state index contributed by atoms with van der Waals surface area (Å²) in [6.07, 6.45) is 1.24. The molecule has 0 saturated carbocycles. The molecule has 1 fully saturated rings. The van der Waals surface area contributed by atoms with Crippen LogP contribution in [0.4, 0.5) is 5.95 Å². The van der Waals surface area contributed by atoms with Crippen molar-refractivity contribution in [2.24, 2.45) is 0 Å². The Hall–Kier alpha value is -1.66. The van der Waals surface area contributed by atoms with Gasteiger partial charge in [0.15, 0.2) is 0 Å². The van der Waals surface area contributed by atoms with Gasteiger partial charge in [-0.25, -0.2) is 4.68 Å². The van der Waals surface area contributed by atoms with Crippen LogP contribution in [0, 0.1) is 0 Å². The lowest BCUT2D eigenvalue weighted by atomic mass is 10.1. The lowest BCUT2D eigenvalue weighted by molar-refractivity contribution is -0.122. The minimum absolute atomic E-state index is 0.0721. The smallest absolute Gasteiger partial charge is 0.240 e. The molecule has 70 valence electrons. The molecule has 1 amide bonds. The quantitative estimate of drug-likeness (QED) is 0.562. The molecule has 7 heteroatoms. The molecule has 1 aliphatic rings. The molecular formula is C6H10N6O. The Kier molecular flexibility index (Phi) is 1.84. The fraction of sp³-hybridized carbons (Fsp3) is 0.667. The van der Waals surface area contributed by atoms with Gasteiger partial charge in [0, 0.05) is 13.0 Å². The Labute approximate surface area is 74.3 Å². The zero-order valence-electron chi connectivity index (χ0n) is 6.97. The molecule has 2 heterocycles. The second-order valence-corrected chi connectivity index (χ2v) is 2.98. The van der Waals surface area contributed by atoms with Crippen molar-refractivity contribution in [3.63, 3.8) is 0 Å². The summed E-state index contributed by atoms with van der Waals surface area (Å²) in [6.45, 7) is 0.550. The van der Waals surface area contributed by atoms with Gasteiger partial charge in [0.25, 0.3) is 0 Å². The number of carbonyl (C=O) groups is 1. The Morgan fingerprint density at radius 3 is 3.00 bits per heavy atom. The largest absolute Gasteiger partial charge is 0.367 e. The fourth-order valence-corrected chi connectivity index (χ4v) is 1.39. The molecule has 7 nitrogen and oxygen atoms in total. The van der Waals surface area contributed by atoms with Gasteiger partial charge in [-0.2, -0.15) is 0 Å². The lowest BCUT2D eigenvalue weighted by Gasteiger charge is -2.21. The highest BCUT2D eigenvalue weighted by molar-refractivity contribution is 5.76. The van der Waals surface area contributed by atoms with Gasteiger partial charge in [-0.05, 0) is 16.8 Å². The van der Waals surface area contributed by atoms with Crippen LogP contribution in [0.3, 0.4) is 0 Å². The first-order chi connectivity index (χ1) is 6.27. The number of hydrogen-bond donors (Lipinski definition) is 2. The Balaban J connectivity index is 2.10. The van der Waals surface area contributed by atoms with E-state index in [4.69, 9.17) is 5.73 Å². The summed E-state index contributed by atoms with van der Waals surface area (Å²) in [5, 5.41) is 13.5. The van der Waals surface area contributed by atoms with Crippen LogP contribution in [0.25, 0.3) is 0 Å². The van der Waals surface area contributed by atoms with Crippen LogP contribution in [-0.2, 0) is 4.79 Å². The third-order valence-electron chi connectivity index (χ3n) is 2.10. The summed E-state index contributed by atoms with van der Waals surface area (Å²) >= 11 is 0. The topological polar surface area (TPSA) is 98.7 Å². The van der Waals surface area contributed by atoms with E-state index >= 15 is 0 Å². The molecule has 0 spiro atoms.